The fraction of sp³-hybridized carbons (Fsp3) is 0.0303. The molecule has 0 saturated heterocycles. The van der Waals surface area contributed by atoms with Crippen LogP contribution in [0.3, 0.4) is 0 Å². The summed E-state index contributed by atoms with van der Waals surface area (Å²) in [5.74, 6) is 0.705. The summed E-state index contributed by atoms with van der Waals surface area (Å²) in [6, 6.07) is 35.4. The Bertz CT molecular complexity index is 1540. The molecule has 2 heteroatoms. The van der Waals surface area contributed by atoms with Crippen LogP contribution in [0.5, 0.6) is 0 Å². The van der Waals surface area contributed by atoms with Gasteiger partial charge >= 0.3 is 0 Å². The summed E-state index contributed by atoms with van der Waals surface area (Å²) in [5, 5.41) is 2.37. The molecule has 0 aliphatic rings. The predicted molar refractivity (Wildman–Crippen MR) is 149 cm³/mol. The third-order valence-electron chi connectivity index (χ3n) is 5.98. The molecule has 0 fully saturated rings. The monoisotopic (exact) mass is 450 g/mol. The van der Waals surface area contributed by atoms with E-state index in [4.69, 9.17) is 9.97 Å². The maximum absolute atomic E-state index is 5.03. The first-order valence-electron chi connectivity index (χ1n) is 11.7. The van der Waals surface area contributed by atoms with Crippen LogP contribution in [0.1, 0.15) is 12.5 Å². The van der Waals surface area contributed by atoms with Crippen molar-refractivity contribution in [3.8, 4) is 33.9 Å². The molecule has 0 amide bonds. The lowest BCUT2D eigenvalue weighted by molar-refractivity contribution is 1.18. The van der Waals surface area contributed by atoms with Crippen LogP contribution in [0.25, 0.3) is 50.2 Å². The van der Waals surface area contributed by atoms with Gasteiger partial charge in [0.05, 0.1) is 11.4 Å². The highest BCUT2D eigenvalue weighted by Gasteiger charge is 2.12. The first-order chi connectivity index (χ1) is 17.2. The van der Waals surface area contributed by atoms with Crippen molar-refractivity contribution in [3.63, 3.8) is 0 Å². The number of aromatic nitrogens is 2. The number of benzene rings is 4. The molecular weight excluding hydrogens is 424 g/mol. The summed E-state index contributed by atoms with van der Waals surface area (Å²) in [6.07, 6.45) is 8.01. The van der Waals surface area contributed by atoms with Gasteiger partial charge in [-0.15, -0.1) is 0 Å². The number of hydrogen-bond donors (Lipinski definition) is 0. The first-order valence-corrected chi connectivity index (χ1v) is 11.7. The lowest BCUT2D eigenvalue weighted by Crippen LogP contribution is -1.96. The average Bonchev–Trinajstić information content (AvgIpc) is 2.93. The van der Waals surface area contributed by atoms with Crippen LogP contribution in [0.2, 0.25) is 0 Å². The third-order valence-corrected chi connectivity index (χ3v) is 5.98. The van der Waals surface area contributed by atoms with Crippen LogP contribution in [0.4, 0.5) is 0 Å². The Labute approximate surface area is 206 Å². The van der Waals surface area contributed by atoms with Gasteiger partial charge in [-0.3, -0.25) is 0 Å². The fourth-order valence-electron chi connectivity index (χ4n) is 4.13. The predicted octanol–water partition coefficient (Wildman–Crippen LogP) is 8.78. The first kappa shape index (κ1) is 22.2. The highest BCUT2D eigenvalue weighted by atomic mass is 14.9. The number of nitrogens with zero attached hydrogens (tertiary/aromatic N) is 2. The summed E-state index contributed by atoms with van der Waals surface area (Å²) in [6.45, 7) is 6.18. The molecule has 0 aliphatic carbocycles. The van der Waals surface area contributed by atoms with E-state index >= 15 is 0 Å². The number of fused-ring (bicyclic) bond motifs is 1. The van der Waals surface area contributed by atoms with Gasteiger partial charge in [-0.25, -0.2) is 9.97 Å². The summed E-state index contributed by atoms with van der Waals surface area (Å²) in [5.41, 5.74) is 6.99. The van der Waals surface area contributed by atoms with Gasteiger partial charge in [0.25, 0.3) is 0 Å². The van der Waals surface area contributed by atoms with Crippen molar-refractivity contribution in [1.82, 2.24) is 9.97 Å². The van der Waals surface area contributed by atoms with Gasteiger partial charge in [0, 0.05) is 16.7 Å². The standard InChI is InChI=1S/C33H26N2/c1-3-4-6-12-24(2)25-19-21-28(22-20-25)33-34-31(27-14-7-5-8-15-27)23-32(35-33)30-18-11-16-26-13-9-10-17-29(26)30/h3-23H,2H2,1H3/b4-3-,12-6-. The molecule has 5 aromatic rings. The van der Waals surface area contributed by atoms with Gasteiger partial charge in [-0.05, 0) is 34.9 Å². The quantitative estimate of drug-likeness (QED) is 0.242. The van der Waals surface area contributed by atoms with Crippen LogP contribution >= 0.6 is 0 Å². The van der Waals surface area contributed by atoms with E-state index < -0.39 is 0 Å². The molecule has 1 heterocycles. The molecule has 0 radical (unpaired) electrons. The maximum Gasteiger partial charge on any atom is 0.160 e. The normalized spacial score (nSPS) is 11.5. The highest BCUT2D eigenvalue weighted by Crippen LogP contribution is 2.32. The van der Waals surface area contributed by atoms with Gasteiger partial charge in [-0.1, -0.05) is 128 Å². The van der Waals surface area contributed by atoms with Crippen molar-refractivity contribution in [1.29, 1.82) is 0 Å². The Morgan fingerprint density at radius 2 is 1.40 bits per heavy atom. The lowest BCUT2D eigenvalue weighted by Gasteiger charge is -2.11. The summed E-state index contributed by atoms with van der Waals surface area (Å²) >= 11 is 0. The van der Waals surface area contributed by atoms with E-state index in [9.17, 15) is 0 Å². The van der Waals surface area contributed by atoms with Gasteiger partial charge < -0.3 is 0 Å². The molecule has 0 saturated carbocycles. The van der Waals surface area contributed by atoms with Crippen molar-refractivity contribution in [2.45, 2.75) is 6.92 Å². The molecule has 5 rings (SSSR count). The topological polar surface area (TPSA) is 25.8 Å². The number of rotatable bonds is 6. The van der Waals surface area contributed by atoms with Gasteiger partial charge in [-0.2, -0.15) is 0 Å². The number of hydrogen-bond acceptors (Lipinski definition) is 2. The van der Waals surface area contributed by atoms with Crippen molar-refractivity contribution in [2.75, 3.05) is 0 Å². The van der Waals surface area contributed by atoms with E-state index in [2.05, 4.69) is 91.5 Å². The third kappa shape index (κ3) is 4.87. The summed E-state index contributed by atoms with van der Waals surface area (Å²) in [4.78, 5) is 9.99. The van der Waals surface area contributed by atoms with Crippen LogP contribution in [0, 0.1) is 0 Å². The minimum absolute atomic E-state index is 0.705. The van der Waals surface area contributed by atoms with Crippen LogP contribution < -0.4 is 0 Å². The van der Waals surface area contributed by atoms with E-state index in [-0.39, 0.29) is 0 Å². The zero-order valence-corrected chi connectivity index (χ0v) is 19.7. The summed E-state index contributed by atoms with van der Waals surface area (Å²) in [7, 11) is 0. The van der Waals surface area contributed by atoms with Crippen LogP contribution in [0.15, 0.2) is 134 Å². The van der Waals surface area contributed by atoms with Crippen molar-refractivity contribution in [2.24, 2.45) is 0 Å². The van der Waals surface area contributed by atoms with Gasteiger partial charge in [0.1, 0.15) is 0 Å². The van der Waals surface area contributed by atoms with E-state index in [1.165, 1.54) is 10.8 Å². The molecule has 1 aromatic heterocycles. The van der Waals surface area contributed by atoms with Gasteiger partial charge in [0.15, 0.2) is 5.82 Å². The Kier molecular flexibility index (Phi) is 6.45. The van der Waals surface area contributed by atoms with E-state index in [1.54, 1.807) is 0 Å². The van der Waals surface area contributed by atoms with Crippen molar-refractivity contribution in [3.05, 3.63) is 140 Å². The molecule has 0 spiro atoms. The molecule has 0 atom stereocenters. The highest BCUT2D eigenvalue weighted by molar-refractivity contribution is 5.96. The Morgan fingerprint density at radius 3 is 2.20 bits per heavy atom. The second-order valence-corrected chi connectivity index (χ2v) is 8.34. The van der Waals surface area contributed by atoms with Gasteiger partial charge in [0.2, 0.25) is 0 Å². The zero-order valence-electron chi connectivity index (χ0n) is 19.7. The lowest BCUT2D eigenvalue weighted by atomic mass is 10.00. The molecule has 35 heavy (non-hydrogen) atoms. The van der Waals surface area contributed by atoms with Crippen LogP contribution in [-0.4, -0.2) is 9.97 Å². The Balaban J connectivity index is 1.62. The average molecular weight is 451 g/mol. The van der Waals surface area contributed by atoms with E-state index in [0.717, 1.165) is 39.2 Å². The molecule has 168 valence electrons. The van der Waals surface area contributed by atoms with E-state index in [1.807, 2.05) is 49.4 Å². The SMILES string of the molecule is C=C(/C=C\C=C/C)c1ccc(-c2nc(-c3ccccc3)cc(-c3cccc4ccccc34)n2)cc1. The second kappa shape index (κ2) is 10.1. The minimum atomic E-state index is 0.705. The molecular formula is C33H26N2. The zero-order chi connectivity index (χ0) is 24.0. The van der Waals surface area contributed by atoms with E-state index in [0.29, 0.717) is 5.82 Å². The largest absolute Gasteiger partial charge is 0.228 e. The smallest absolute Gasteiger partial charge is 0.160 e. The van der Waals surface area contributed by atoms with Crippen molar-refractivity contribution >= 4 is 16.3 Å². The maximum atomic E-state index is 5.03. The molecule has 4 aromatic carbocycles. The molecule has 0 unspecified atom stereocenters. The molecule has 0 aliphatic heterocycles. The fourth-order valence-corrected chi connectivity index (χ4v) is 4.13. The van der Waals surface area contributed by atoms with Crippen molar-refractivity contribution < 1.29 is 0 Å². The molecule has 0 bridgehead atoms. The molecule has 0 N–H and O–H groups in total. The Morgan fingerprint density at radius 1 is 0.686 bits per heavy atom. The molecule has 2 nitrogen and oxygen atoms in total. The minimum Gasteiger partial charge on any atom is -0.228 e. The Hall–Kier alpha value is -4.56. The second-order valence-electron chi connectivity index (χ2n) is 8.34. The number of allylic oxidation sites excluding steroid dienone is 5. The summed E-state index contributed by atoms with van der Waals surface area (Å²) < 4.78 is 0. The van der Waals surface area contributed by atoms with Crippen LogP contribution in [-0.2, 0) is 0 Å².